The average Bonchev–Trinajstić information content (AvgIpc) is 2.25. The van der Waals surface area contributed by atoms with Crippen LogP contribution in [-0.2, 0) is 11.2 Å². The van der Waals surface area contributed by atoms with Crippen molar-refractivity contribution >= 4 is 5.97 Å². The zero-order valence-corrected chi connectivity index (χ0v) is 8.60. The molecule has 1 atom stereocenters. The van der Waals surface area contributed by atoms with Crippen LogP contribution in [-0.4, -0.2) is 22.8 Å². The van der Waals surface area contributed by atoms with E-state index in [4.69, 9.17) is 10.2 Å². The molecule has 82 valence electrons. The molecule has 0 bridgehead atoms. The van der Waals surface area contributed by atoms with Gasteiger partial charge in [0.05, 0.1) is 12.5 Å². The topological polar surface area (TPSA) is 57.5 Å². The fourth-order valence-electron chi connectivity index (χ4n) is 1.49. The first-order valence-electron chi connectivity index (χ1n) is 5.11. The third-order valence-corrected chi connectivity index (χ3v) is 2.43. The van der Waals surface area contributed by atoms with E-state index in [0.717, 1.165) is 12.8 Å². The van der Waals surface area contributed by atoms with Gasteiger partial charge in [-0.3, -0.25) is 4.79 Å². The van der Waals surface area contributed by atoms with Gasteiger partial charge in [-0.25, -0.2) is 0 Å². The van der Waals surface area contributed by atoms with Gasteiger partial charge in [-0.1, -0.05) is 30.3 Å². The first-order chi connectivity index (χ1) is 7.24. The second kappa shape index (κ2) is 6.19. The third kappa shape index (κ3) is 4.13. The van der Waals surface area contributed by atoms with Crippen molar-refractivity contribution in [3.05, 3.63) is 35.9 Å². The summed E-state index contributed by atoms with van der Waals surface area (Å²) in [5, 5.41) is 17.5. The summed E-state index contributed by atoms with van der Waals surface area (Å²) in [7, 11) is 0. The van der Waals surface area contributed by atoms with E-state index in [2.05, 4.69) is 0 Å². The van der Waals surface area contributed by atoms with Crippen molar-refractivity contribution in [3.8, 4) is 0 Å². The Bertz CT molecular complexity index is 295. The van der Waals surface area contributed by atoms with Crippen molar-refractivity contribution < 1.29 is 15.0 Å². The number of carboxylic acid groups (broad SMARTS) is 1. The molecule has 3 nitrogen and oxygen atoms in total. The largest absolute Gasteiger partial charge is 0.481 e. The molecule has 1 rings (SSSR count). The van der Waals surface area contributed by atoms with Gasteiger partial charge in [-0.2, -0.15) is 0 Å². The smallest absolute Gasteiger partial charge is 0.308 e. The average molecular weight is 208 g/mol. The van der Waals surface area contributed by atoms with Gasteiger partial charge >= 0.3 is 5.97 Å². The Labute approximate surface area is 89.4 Å². The van der Waals surface area contributed by atoms with E-state index < -0.39 is 11.9 Å². The molecule has 0 radical (unpaired) electrons. The van der Waals surface area contributed by atoms with Crippen LogP contribution in [0, 0.1) is 5.92 Å². The van der Waals surface area contributed by atoms with Crippen LogP contribution in [0.2, 0.25) is 0 Å². The molecular formula is C12H16O3. The molecule has 0 aliphatic carbocycles. The minimum absolute atomic E-state index is 0.274. The summed E-state index contributed by atoms with van der Waals surface area (Å²) in [4.78, 5) is 10.6. The molecule has 0 aliphatic rings. The Kier molecular flexibility index (Phi) is 4.84. The lowest BCUT2D eigenvalue weighted by atomic mass is 10.0. The van der Waals surface area contributed by atoms with Gasteiger partial charge in [0, 0.05) is 0 Å². The van der Waals surface area contributed by atoms with Crippen LogP contribution in [0.3, 0.4) is 0 Å². The Morgan fingerprint density at radius 2 is 1.93 bits per heavy atom. The number of aryl methyl sites for hydroxylation is 1. The minimum atomic E-state index is -0.912. The molecule has 3 heteroatoms. The van der Waals surface area contributed by atoms with Gasteiger partial charge in [0.2, 0.25) is 0 Å². The second-order valence-corrected chi connectivity index (χ2v) is 3.60. The maximum atomic E-state index is 10.6. The highest BCUT2D eigenvalue weighted by Crippen LogP contribution is 2.10. The number of hydrogen-bond donors (Lipinski definition) is 2. The summed E-state index contributed by atoms with van der Waals surface area (Å²) in [5.74, 6) is -1.53. The molecule has 15 heavy (non-hydrogen) atoms. The fourth-order valence-corrected chi connectivity index (χ4v) is 1.49. The van der Waals surface area contributed by atoms with Gasteiger partial charge in [-0.15, -0.1) is 0 Å². The summed E-state index contributed by atoms with van der Waals surface area (Å²) < 4.78 is 0. The van der Waals surface area contributed by atoms with E-state index in [1.807, 2.05) is 30.3 Å². The molecular weight excluding hydrogens is 192 g/mol. The standard InChI is InChI=1S/C12H16O3/c13-9-11(12(14)15)8-4-7-10-5-2-1-3-6-10/h1-3,5-6,11,13H,4,7-9H2,(H,14,15)/t11-/m1/s1. The van der Waals surface area contributed by atoms with Gasteiger partial charge in [0.15, 0.2) is 0 Å². The van der Waals surface area contributed by atoms with Crippen molar-refractivity contribution in [3.63, 3.8) is 0 Å². The summed E-state index contributed by atoms with van der Waals surface area (Å²) >= 11 is 0. The van der Waals surface area contributed by atoms with Gasteiger partial charge in [0.1, 0.15) is 0 Å². The van der Waals surface area contributed by atoms with Gasteiger partial charge in [0.25, 0.3) is 0 Å². The monoisotopic (exact) mass is 208 g/mol. The molecule has 0 aliphatic heterocycles. The number of carbonyl (C=O) groups is 1. The number of aliphatic carboxylic acids is 1. The number of aliphatic hydroxyl groups is 1. The Balaban J connectivity index is 2.30. The lowest BCUT2D eigenvalue weighted by Crippen LogP contribution is -2.17. The maximum Gasteiger partial charge on any atom is 0.308 e. The van der Waals surface area contributed by atoms with E-state index in [-0.39, 0.29) is 6.61 Å². The SMILES string of the molecule is O=C(O)[C@@H](CO)CCCc1ccccc1. The van der Waals surface area contributed by atoms with E-state index in [0.29, 0.717) is 6.42 Å². The highest BCUT2D eigenvalue weighted by molar-refractivity contribution is 5.69. The second-order valence-electron chi connectivity index (χ2n) is 3.60. The van der Waals surface area contributed by atoms with Crippen molar-refractivity contribution in [2.45, 2.75) is 19.3 Å². The van der Waals surface area contributed by atoms with Gasteiger partial charge < -0.3 is 10.2 Å². The summed E-state index contributed by atoms with van der Waals surface area (Å²) in [6, 6.07) is 9.94. The molecule has 0 heterocycles. The number of rotatable bonds is 6. The highest BCUT2D eigenvalue weighted by Gasteiger charge is 2.14. The van der Waals surface area contributed by atoms with E-state index in [1.54, 1.807) is 0 Å². The van der Waals surface area contributed by atoms with Crippen LogP contribution >= 0.6 is 0 Å². The highest BCUT2D eigenvalue weighted by atomic mass is 16.4. The van der Waals surface area contributed by atoms with Crippen LogP contribution < -0.4 is 0 Å². The molecule has 0 unspecified atom stereocenters. The maximum absolute atomic E-state index is 10.6. The molecule has 0 aromatic heterocycles. The third-order valence-electron chi connectivity index (χ3n) is 2.43. The van der Waals surface area contributed by atoms with Crippen molar-refractivity contribution in [2.24, 2.45) is 5.92 Å². The lowest BCUT2D eigenvalue weighted by Gasteiger charge is -2.08. The van der Waals surface area contributed by atoms with Crippen LogP contribution in [0.15, 0.2) is 30.3 Å². The predicted octanol–water partition coefficient (Wildman–Crippen LogP) is 1.70. The first-order valence-corrected chi connectivity index (χ1v) is 5.11. The van der Waals surface area contributed by atoms with Crippen molar-refractivity contribution in [2.75, 3.05) is 6.61 Å². The summed E-state index contributed by atoms with van der Waals surface area (Å²) in [5.41, 5.74) is 1.21. The van der Waals surface area contributed by atoms with Crippen molar-refractivity contribution in [1.82, 2.24) is 0 Å². The van der Waals surface area contributed by atoms with Crippen molar-refractivity contribution in [1.29, 1.82) is 0 Å². The molecule has 2 N–H and O–H groups in total. The summed E-state index contributed by atoms with van der Waals surface area (Å²) in [6.07, 6.45) is 2.19. The van der Waals surface area contributed by atoms with Crippen LogP contribution in [0.5, 0.6) is 0 Å². The Morgan fingerprint density at radius 1 is 1.27 bits per heavy atom. The number of carboxylic acids is 1. The molecule has 0 saturated carbocycles. The number of benzene rings is 1. The van der Waals surface area contributed by atoms with E-state index >= 15 is 0 Å². The van der Waals surface area contributed by atoms with E-state index in [9.17, 15) is 4.79 Å². The fraction of sp³-hybridized carbons (Fsp3) is 0.417. The van der Waals surface area contributed by atoms with Crippen LogP contribution in [0.1, 0.15) is 18.4 Å². The minimum Gasteiger partial charge on any atom is -0.481 e. The van der Waals surface area contributed by atoms with Gasteiger partial charge in [-0.05, 0) is 24.8 Å². The Hall–Kier alpha value is -1.35. The predicted molar refractivity (Wildman–Crippen MR) is 57.6 cm³/mol. The van der Waals surface area contributed by atoms with E-state index in [1.165, 1.54) is 5.56 Å². The quantitative estimate of drug-likeness (QED) is 0.748. The summed E-state index contributed by atoms with van der Waals surface area (Å²) in [6.45, 7) is -0.274. The zero-order valence-electron chi connectivity index (χ0n) is 8.60. The lowest BCUT2D eigenvalue weighted by molar-refractivity contribution is -0.143. The Morgan fingerprint density at radius 3 is 2.47 bits per heavy atom. The molecule has 0 fully saturated rings. The molecule has 0 spiro atoms. The molecule has 1 aromatic rings. The molecule has 1 aromatic carbocycles. The normalized spacial score (nSPS) is 12.3. The van der Waals surface area contributed by atoms with Crippen LogP contribution in [0.25, 0.3) is 0 Å². The zero-order chi connectivity index (χ0) is 11.1. The number of aliphatic hydroxyl groups excluding tert-OH is 1. The first kappa shape index (κ1) is 11.7. The molecule has 0 amide bonds. The van der Waals surface area contributed by atoms with Crippen LogP contribution in [0.4, 0.5) is 0 Å². The molecule has 0 saturated heterocycles. The number of hydrogen-bond acceptors (Lipinski definition) is 2.